The average molecular weight is 233 g/mol. The summed E-state index contributed by atoms with van der Waals surface area (Å²) < 4.78 is 6.04. The highest BCUT2D eigenvalue weighted by Gasteiger charge is 2.29. The van der Waals surface area contributed by atoms with Crippen LogP contribution in [0, 0.1) is 5.92 Å². The Morgan fingerprint density at radius 3 is 2.82 bits per heavy atom. The van der Waals surface area contributed by atoms with Gasteiger partial charge in [-0.3, -0.25) is 0 Å². The molecule has 0 aliphatic carbocycles. The Balaban J connectivity index is 2.00. The molecule has 1 aromatic carbocycles. The molecular weight excluding hydrogens is 210 g/mol. The summed E-state index contributed by atoms with van der Waals surface area (Å²) in [5.74, 6) is 1.82. The number of fused-ring (bicyclic) bond motifs is 1. The zero-order chi connectivity index (χ0) is 12.3. The third-order valence-corrected chi connectivity index (χ3v) is 3.84. The molecule has 3 unspecified atom stereocenters. The highest BCUT2D eigenvalue weighted by molar-refractivity contribution is 5.37. The van der Waals surface area contributed by atoms with E-state index in [-0.39, 0.29) is 0 Å². The number of likely N-dealkylation sites (N-methyl/N-ethyl adjacent to an activating group) is 1. The molecule has 3 atom stereocenters. The number of ether oxygens (including phenoxy) is 1. The lowest BCUT2D eigenvalue weighted by Gasteiger charge is -2.25. The lowest BCUT2D eigenvalue weighted by molar-refractivity contribution is 0.165. The van der Waals surface area contributed by atoms with Crippen molar-refractivity contribution in [2.75, 3.05) is 7.05 Å². The number of para-hydroxylation sites is 1. The van der Waals surface area contributed by atoms with Crippen LogP contribution >= 0.6 is 0 Å². The van der Waals surface area contributed by atoms with Gasteiger partial charge in [-0.15, -0.1) is 0 Å². The van der Waals surface area contributed by atoms with Gasteiger partial charge in [0.2, 0.25) is 0 Å². The van der Waals surface area contributed by atoms with E-state index >= 15 is 0 Å². The largest absolute Gasteiger partial charge is 0.488 e. The van der Waals surface area contributed by atoms with Crippen molar-refractivity contribution >= 4 is 0 Å². The molecule has 1 aliphatic heterocycles. The Labute approximate surface area is 104 Å². The van der Waals surface area contributed by atoms with Crippen LogP contribution < -0.4 is 10.1 Å². The maximum Gasteiger partial charge on any atom is 0.123 e. The van der Waals surface area contributed by atoms with Crippen LogP contribution in [0.1, 0.15) is 32.3 Å². The molecule has 0 saturated heterocycles. The second-order valence-electron chi connectivity index (χ2n) is 5.11. The molecule has 0 saturated carbocycles. The van der Waals surface area contributed by atoms with Crippen LogP contribution in [0.15, 0.2) is 24.3 Å². The van der Waals surface area contributed by atoms with Crippen LogP contribution in [0.25, 0.3) is 0 Å². The van der Waals surface area contributed by atoms with Crippen LogP contribution in [0.4, 0.5) is 0 Å². The van der Waals surface area contributed by atoms with Crippen LogP contribution in [-0.4, -0.2) is 19.2 Å². The van der Waals surface area contributed by atoms with Crippen LogP contribution in [0.2, 0.25) is 0 Å². The molecule has 94 valence electrons. The number of benzene rings is 1. The summed E-state index contributed by atoms with van der Waals surface area (Å²) in [5, 5.41) is 3.42. The fraction of sp³-hybridized carbons (Fsp3) is 0.600. The summed E-state index contributed by atoms with van der Waals surface area (Å²) in [5.41, 5.74) is 1.35. The van der Waals surface area contributed by atoms with Crippen molar-refractivity contribution in [1.29, 1.82) is 0 Å². The van der Waals surface area contributed by atoms with E-state index in [0.717, 1.165) is 18.1 Å². The second kappa shape index (κ2) is 5.54. The molecular formula is C15H23NO. The van der Waals surface area contributed by atoms with Crippen molar-refractivity contribution in [3.8, 4) is 5.75 Å². The topological polar surface area (TPSA) is 21.3 Å². The molecule has 2 rings (SSSR count). The minimum atomic E-state index is 0.298. The lowest BCUT2D eigenvalue weighted by Crippen LogP contribution is -2.41. The Hall–Kier alpha value is -1.02. The quantitative estimate of drug-likeness (QED) is 0.844. The molecule has 2 nitrogen and oxygen atoms in total. The van der Waals surface area contributed by atoms with E-state index in [4.69, 9.17) is 4.74 Å². The molecule has 0 amide bonds. The fourth-order valence-corrected chi connectivity index (χ4v) is 2.49. The molecule has 1 N–H and O–H groups in total. The lowest BCUT2D eigenvalue weighted by atomic mass is 9.94. The minimum Gasteiger partial charge on any atom is -0.488 e. The second-order valence-corrected chi connectivity index (χ2v) is 5.11. The molecule has 17 heavy (non-hydrogen) atoms. The van der Waals surface area contributed by atoms with Crippen LogP contribution in [0.5, 0.6) is 5.75 Å². The first kappa shape index (κ1) is 12.4. The fourth-order valence-electron chi connectivity index (χ4n) is 2.49. The van der Waals surface area contributed by atoms with E-state index in [0.29, 0.717) is 12.1 Å². The molecule has 0 aromatic heterocycles. The Morgan fingerprint density at radius 1 is 1.41 bits per heavy atom. The molecule has 0 radical (unpaired) electrons. The van der Waals surface area contributed by atoms with Crippen molar-refractivity contribution < 1.29 is 4.74 Å². The van der Waals surface area contributed by atoms with Crippen molar-refractivity contribution in [3.05, 3.63) is 29.8 Å². The van der Waals surface area contributed by atoms with Gasteiger partial charge in [0.15, 0.2) is 0 Å². The summed E-state index contributed by atoms with van der Waals surface area (Å²) in [6.45, 7) is 4.56. The van der Waals surface area contributed by atoms with Crippen LogP contribution in [-0.2, 0) is 6.42 Å². The molecule has 1 aliphatic rings. The van der Waals surface area contributed by atoms with Gasteiger partial charge in [0.05, 0.1) is 0 Å². The van der Waals surface area contributed by atoms with E-state index in [2.05, 4.69) is 37.4 Å². The number of rotatable bonds is 5. The van der Waals surface area contributed by atoms with Gasteiger partial charge in [0, 0.05) is 12.5 Å². The molecule has 0 bridgehead atoms. The third kappa shape index (κ3) is 2.81. The number of nitrogens with one attached hydrogen (secondary N) is 1. The van der Waals surface area contributed by atoms with Crippen LogP contribution in [0.3, 0.4) is 0 Å². The van der Waals surface area contributed by atoms with Gasteiger partial charge in [0.25, 0.3) is 0 Å². The predicted octanol–water partition coefficient (Wildman–Crippen LogP) is 3.01. The zero-order valence-electron chi connectivity index (χ0n) is 11.1. The predicted molar refractivity (Wildman–Crippen MR) is 71.5 cm³/mol. The van der Waals surface area contributed by atoms with Gasteiger partial charge in [-0.05, 0) is 31.0 Å². The highest BCUT2D eigenvalue weighted by Crippen LogP contribution is 2.30. The summed E-state index contributed by atoms with van der Waals surface area (Å²) >= 11 is 0. The van der Waals surface area contributed by atoms with Gasteiger partial charge < -0.3 is 10.1 Å². The molecule has 1 heterocycles. The standard InChI is InChI=1S/C15H23NO/c1-4-11(2)9-13(16-3)15-10-12-7-5-6-8-14(12)17-15/h5-8,11,13,15-16H,4,9-10H2,1-3H3. The first-order chi connectivity index (χ1) is 8.24. The van der Waals surface area contributed by atoms with Crippen molar-refractivity contribution in [2.24, 2.45) is 5.92 Å². The number of hydrogen-bond acceptors (Lipinski definition) is 2. The first-order valence-electron chi connectivity index (χ1n) is 6.66. The normalized spacial score (nSPS) is 21.7. The van der Waals surface area contributed by atoms with Crippen molar-refractivity contribution in [2.45, 2.75) is 45.3 Å². The molecule has 2 heteroatoms. The van der Waals surface area contributed by atoms with Crippen molar-refractivity contribution in [3.63, 3.8) is 0 Å². The summed E-state index contributed by atoms with van der Waals surface area (Å²) in [6, 6.07) is 8.84. The third-order valence-electron chi connectivity index (χ3n) is 3.84. The Morgan fingerprint density at radius 2 is 2.18 bits per heavy atom. The monoisotopic (exact) mass is 233 g/mol. The van der Waals surface area contributed by atoms with Gasteiger partial charge in [-0.1, -0.05) is 38.5 Å². The average Bonchev–Trinajstić information content (AvgIpc) is 2.78. The van der Waals surface area contributed by atoms with Gasteiger partial charge in [-0.25, -0.2) is 0 Å². The molecule has 0 fully saturated rings. The van der Waals surface area contributed by atoms with Crippen molar-refractivity contribution in [1.82, 2.24) is 5.32 Å². The van der Waals surface area contributed by atoms with E-state index in [1.165, 1.54) is 18.4 Å². The van der Waals surface area contributed by atoms with Gasteiger partial charge in [0.1, 0.15) is 11.9 Å². The SMILES string of the molecule is CCC(C)CC(NC)C1Cc2ccccc2O1. The summed E-state index contributed by atoms with van der Waals surface area (Å²) in [6.07, 6.45) is 3.76. The highest BCUT2D eigenvalue weighted by atomic mass is 16.5. The molecule has 0 spiro atoms. The van der Waals surface area contributed by atoms with Gasteiger partial charge in [-0.2, -0.15) is 0 Å². The number of hydrogen-bond donors (Lipinski definition) is 1. The Bertz CT molecular complexity index is 339. The first-order valence-corrected chi connectivity index (χ1v) is 6.66. The van der Waals surface area contributed by atoms with E-state index in [1.807, 2.05) is 13.1 Å². The maximum atomic E-state index is 6.04. The Kier molecular flexibility index (Phi) is 4.06. The van der Waals surface area contributed by atoms with E-state index in [1.54, 1.807) is 0 Å². The summed E-state index contributed by atoms with van der Waals surface area (Å²) in [4.78, 5) is 0. The van der Waals surface area contributed by atoms with Gasteiger partial charge >= 0.3 is 0 Å². The summed E-state index contributed by atoms with van der Waals surface area (Å²) in [7, 11) is 2.04. The zero-order valence-corrected chi connectivity index (χ0v) is 11.1. The molecule has 1 aromatic rings. The smallest absolute Gasteiger partial charge is 0.123 e. The van der Waals surface area contributed by atoms with E-state index < -0.39 is 0 Å². The minimum absolute atomic E-state index is 0.298. The van der Waals surface area contributed by atoms with E-state index in [9.17, 15) is 0 Å². The maximum absolute atomic E-state index is 6.04.